The number of carbonyl (C=O) groups excluding carboxylic acids is 4. The van der Waals surface area contributed by atoms with Crippen molar-refractivity contribution in [3.63, 3.8) is 0 Å². The molecule has 2 fully saturated rings. The molecule has 0 radical (unpaired) electrons. The molecule has 0 saturated carbocycles. The Balaban J connectivity index is 1.18. The molecular formula is C23H22N2O6. The lowest BCUT2D eigenvalue weighted by molar-refractivity contribution is -0.126. The third-order valence-corrected chi connectivity index (χ3v) is 5.33. The van der Waals surface area contributed by atoms with Crippen molar-refractivity contribution in [3.8, 4) is 11.5 Å². The van der Waals surface area contributed by atoms with E-state index in [0.717, 1.165) is 11.1 Å². The van der Waals surface area contributed by atoms with Gasteiger partial charge < -0.3 is 9.47 Å². The molecule has 31 heavy (non-hydrogen) atoms. The number of ether oxygens (including phenoxy) is 2. The molecule has 2 atom stereocenters. The van der Waals surface area contributed by atoms with Gasteiger partial charge in [-0.3, -0.25) is 29.8 Å². The summed E-state index contributed by atoms with van der Waals surface area (Å²) in [7, 11) is 0. The minimum atomic E-state index is -0.426. The largest absolute Gasteiger partial charge is 0.493 e. The van der Waals surface area contributed by atoms with Gasteiger partial charge >= 0.3 is 0 Å². The van der Waals surface area contributed by atoms with Gasteiger partial charge in [-0.05, 0) is 35.4 Å². The van der Waals surface area contributed by atoms with Gasteiger partial charge in [0.05, 0.1) is 25.0 Å². The highest BCUT2D eigenvalue weighted by Crippen LogP contribution is 2.27. The highest BCUT2D eigenvalue weighted by atomic mass is 16.5. The number of amides is 4. The van der Waals surface area contributed by atoms with Crippen LogP contribution in [0.25, 0.3) is 0 Å². The summed E-state index contributed by atoms with van der Waals surface area (Å²) in [5.41, 5.74) is 1.59. The maximum absolute atomic E-state index is 11.7. The molecule has 0 aliphatic carbocycles. The first kappa shape index (κ1) is 20.6. The Morgan fingerprint density at radius 3 is 1.35 bits per heavy atom. The minimum Gasteiger partial charge on any atom is -0.493 e. The number of hydrogen-bond donors (Lipinski definition) is 2. The van der Waals surface area contributed by atoms with Crippen molar-refractivity contribution in [1.29, 1.82) is 0 Å². The third-order valence-electron chi connectivity index (χ3n) is 5.33. The fourth-order valence-corrected chi connectivity index (χ4v) is 3.68. The van der Waals surface area contributed by atoms with Crippen molar-refractivity contribution in [3.05, 3.63) is 59.7 Å². The molecule has 2 unspecified atom stereocenters. The first-order valence-electron chi connectivity index (χ1n) is 10.1. The van der Waals surface area contributed by atoms with Crippen LogP contribution in [0.3, 0.4) is 0 Å². The normalized spacial score (nSPS) is 20.5. The lowest BCUT2D eigenvalue weighted by atomic mass is 9.98. The molecule has 0 spiro atoms. The number of carbonyl (C=O) groups is 4. The van der Waals surface area contributed by atoms with Gasteiger partial charge in [-0.2, -0.15) is 0 Å². The van der Waals surface area contributed by atoms with Crippen LogP contribution in [0.2, 0.25) is 0 Å². The molecule has 0 aromatic heterocycles. The Morgan fingerprint density at radius 2 is 1.03 bits per heavy atom. The Kier molecular flexibility index (Phi) is 5.97. The lowest BCUT2D eigenvalue weighted by Crippen LogP contribution is -2.21. The number of imide groups is 2. The van der Waals surface area contributed by atoms with E-state index in [9.17, 15) is 19.2 Å². The Bertz CT molecular complexity index is 918. The average molecular weight is 422 g/mol. The van der Waals surface area contributed by atoms with Gasteiger partial charge in [-0.25, -0.2) is 0 Å². The fourth-order valence-electron chi connectivity index (χ4n) is 3.68. The van der Waals surface area contributed by atoms with Gasteiger partial charge in [0.2, 0.25) is 23.6 Å². The van der Waals surface area contributed by atoms with E-state index < -0.39 is 11.8 Å². The van der Waals surface area contributed by atoms with E-state index in [1.54, 1.807) is 48.5 Å². The minimum absolute atomic E-state index is 0.184. The quantitative estimate of drug-likeness (QED) is 0.496. The maximum atomic E-state index is 11.7. The molecule has 2 aliphatic heterocycles. The van der Waals surface area contributed by atoms with Crippen LogP contribution in [0.15, 0.2) is 48.5 Å². The lowest BCUT2D eigenvalue weighted by Gasteiger charge is -2.11. The van der Waals surface area contributed by atoms with Crippen molar-refractivity contribution < 1.29 is 28.7 Å². The van der Waals surface area contributed by atoms with Crippen molar-refractivity contribution in [1.82, 2.24) is 10.6 Å². The summed E-state index contributed by atoms with van der Waals surface area (Å²) < 4.78 is 11.4. The molecule has 160 valence electrons. The summed E-state index contributed by atoms with van der Waals surface area (Å²) >= 11 is 0. The molecule has 8 heteroatoms. The number of rotatable bonds is 8. The van der Waals surface area contributed by atoms with Gasteiger partial charge in [-0.1, -0.05) is 24.3 Å². The smallest absolute Gasteiger partial charge is 0.234 e. The fraction of sp³-hybridized carbons (Fsp3) is 0.304. The van der Waals surface area contributed by atoms with Crippen LogP contribution in [0, 0.1) is 0 Å². The SMILES string of the molecule is O=C1CC(c2ccc(OCCCOc3ccc(C4CC(=O)NC4=O)cc3)cc2)C(=O)N1. The summed E-state index contributed by atoms with van der Waals surface area (Å²) in [6.07, 6.45) is 1.04. The summed E-state index contributed by atoms with van der Waals surface area (Å²) in [6, 6.07) is 14.3. The van der Waals surface area contributed by atoms with Crippen LogP contribution in [-0.4, -0.2) is 36.8 Å². The van der Waals surface area contributed by atoms with Crippen LogP contribution in [0.4, 0.5) is 0 Å². The highest BCUT2D eigenvalue weighted by Gasteiger charge is 2.32. The maximum Gasteiger partial charge on any atom is 0.234 e. The van der Waals surface area contributed by atoms with Gasteiger partial charge in [0.1, 0.15) is 11.5 Å². The molecule has 2 aliphatic rings. The van der Waals surface area contributed by atoms with E-state index in [1.165, 1.54) is 0 Å². The van der Waals surface area contributed by atoms with Crippen molar-refractivity contribution >= 4 is 23.6 Å². The van der Waals surface area contributed by atoms with E-state index >= 15 is 0 Å². The van der Waals surface area contributed by atoms with E-state index in [-0.39, 0.29) is 36.5 Å². The standard InChI is InChI=1S/C23H22N2O6/c26-20-12-18(22(28)24-20)14-2-6-16(7-3-14)30-10-1-11-31-17-8-4-15(5-9-17)19-13-21(27)25-23(19)29/h2-9,18-19H,1,10-13H2,(H,24,26,28)(H,25,27,29). The Hall–Kier alpha value is -3.68. The van der Waals surface area contributed by atoms with Gasteiger partial charge in [0.25, 0.3) is 0 Å². The molecule has 0 bridgehead atoms. The molecule has 2 aromatic rings. The Morgan fingerprint density at radius 1 is 0.645 bits per heavy atom. The Labute approximate surface area is 178 Å². The molecule has 2 N–H and O–H groups in total. The van der Waals surface area contributed by atoms with Crippen LogP contribution >= 0.6 is 0 Å². The van der Waals surface area contributed by atoms with E-state index in [1.807, 2.05) is 0 Å². The predicted octanol–water partition coefficient (Wildman–Crippen LogP) is 1.79. The first-order chi connectivity index (χ1) is 15.0. The average Bonchev–Trinajstić information content (AvgIpc) is 3.28. The zero-order valence-corrected chi connectivity index (χ0v) is 16.8. The van der Waals surface area contributed by atoms with Gasteiger partial charge in [0, 0.05) is 19.3 Å². The van der Waals surface area contributed by atoms with Crippen LogP contribution in [-0.2, 0) is 19.2 Å². The topological polar surface area (TPSA) is 111 Å². The monoisotopic (exact) mass is 422 g/mol. The molecule has 8 nitrogen and oxygen atoms in total. The second-order valence-electron chi connectivity index (χ2n) is 7.53. The van der Waals surface area contributed by atoms with Crippen LogP contribution < -0.4 is 20.1 Å². The summed E-state index contributed by atoms with van der Waals surface area (Å²) in [5, 5.41) is 4.62. The van der Waals surface area contributed by atoms with E-state index in [2.05, 4.69) is 10.6 Å². The zero-order chi connectivity index (χ0) is 21.8. The number of nitrogens with one attached hydrogen (secondary N) is 2. The summed E-state index contributed by atoms with van der Waals surface area (Å²) in [5.74, 6) is -0.500. The number of benzene rings is 2. The van der Waals surface area contributed by atoms with Crippen molar-refractivity contribution in [2.45, 2.75) is 31.1 Å². The van der Waals surface area contributed by atoms with Crippen LogP contribution in [0.5, 0.6) is 11.5 Å². The third kappa shape index (κ3) is 4.91. The summed E-state index contributed by atoms with van der Waals surface area (Å²) in [4.78, 5) is 46.1. The molecule has 2 heterocycles. The van der Waals surface area contributed by atoms with E-state index in [0.29, 0.717) is 31.1 Å². The number of hydrogen-bond acceptors (Lipinski definition) is 6. The van der Waals surface area contributed by atoms with Gasteiger partial charge in [-0.15, -0.1) is 0 Å². The molecule has 4 rings (SSSR count). The predicted molar refractivity (Wildman–Crippen MR) is 110 cm³/mol. The second-order valence-corrected chi connectivity index (χ2v) is 7.53. The second kappa shape index (κ2) is 8.99. The van der Waals surface area contributed by atoms with Crippen LogP contribution in [0.1, 0.15) is 42.2 Å². The van der Waals surface area contributed by atoms with Gasteiger partial charge in [0.15, 0.2) is 0 Å². The van der Waals surface area contributed by atoms with Crippen molar-refractivity contribution in [2.75, 3.05) is 13.2 Å². The summed E-state index contributed by atoms with van der Waals surface area (Å²) in [6.45, 7) is 0.925. The molecule has 4 amide bonds. The molecular weight excluding hydrogens is 400 g/mol. The van der Waals surface area contributed by atoms with E-state index in [4.69, 9.17) is 9.47 Å². The van der Waals surface area contributed by atoms with Crippen molar-refractivity contribution in [2.24, 2.45) is 0 Å². The first-order valence-corrected chi connectivity index (χ1v) is 10.1. The zero-order valence-electron chi connectivity index (χ0n) is 16.8. The molecule has 2 aromatic carbocycles. The molecule has 2 saturated heterocycles. The highest BCUT2D eigenvalue weighted by molar-refractivity contribution is 6.06.